The number of benzene rings is 2. The Morgan fingerprint density at radius 2 is 1.67 bits per heavy atom. The Morgan fingerprint density at radius 1 is 0.879 bits per heavy atom. The van der Waals surface area contributed by atoms with Gasteiger partial charge in [-0.2, -0.15) is 9.97 Å². The molecule has 1 aliphatic rings. The van der Waals surface area contributed by atoms with Crippen LogP contribution in [0.1, 0.15) is 19.3 Å². The fourth-order valence-electron chi connectivity index (χ4n) is 3.46. The molecule has 1 aliphatic carbocycles. The van der Waals surface area contributed by atoms with Crippen molar-refractivity contribution in [3.05, 3.63) is 82.1 Å². The van der Waals surface area contributed by atoms with Gasteiger partial charge in [0, 0.05) is 21.8 Å². The van der Waals surface area contributed by atoms with Crippen molar-refractivity contribution in [2.45, 2.75) is 25.4 Å². The zero-order chi connectivity index (χ0) is 22.8. The first-order valence-corrected chi connectivity index (χ1v) is 11.6. The van der Waals surface area contributed by atoms with Gasteiger partial charge in [0.15, 0.2) is 0 Å². The summed E-state index contributed by atoms with van der Waals surface area (Å²) >= 11 is 18.9. The number of rotatable bonds is 6. The summed E-state index contributed by atoms with van der Waals surface area (Å²) in [6.07, 6.45) is 6.45. The topological polar surface area (TPSA) is 57.1 Å². The van der Waals surface area contributed by atoms with E-state index >= 15 is 0 Å². The van der Waals surface area contributed by atoms with E-state index in [9.17, 15) is 0 Å². The van der Waals surface area contributed by atoms with E-state index in [0.717, 1.165) is 24.8 Å². The van der Waals surface area contributed by atoms with E-state index in [2.05, 4.69) is 9.97 Å². The first-order valence-electron chi connectivity index (χ1n) is 10.4. The van der Waals surface area contributed by atoms with Crippen LogP contribution in [0.2, 0.25) is 15.1 Å². The highest BCUT2D eigenvalue weighted by Crippen LogP contribution is 2.43. The zero-order valence-electron chi connectivity index (χ0n) is 17.3. The molecular formula is C25H18Cl3N3O2. The number of aromatic nitrogens is 3. The Morgan fingerprint density at radius 3 is 2.33 bits per heavy atom. The largest absolute Gasteiger partial charge is 0.460 e. The molecule has 0 radical (unpaired) electrons. The standard InChI is InChI=1S/C25H18Cl3N3O2/c26-16-8-6-15(7-9-16)22-23(20-11-10-17(27)13-21(20)28)30-25(33-18-3-1-4-18)31-24(22)32-19-5-2-12-29-14-19/h2,5-14,18H,1,3-4H2. The van der Waals surface area contributed by atoms with E-state index in [-0.39, 0.29) is 12.1 Å². The molecule has 0 bridgehead atoms. The predicted molar refractivity (Wildman–Crippen MR) is 131 cm³/mol. The van der Waals surface area contributed by atoms with Gasteiger partial charge in [0.25, 0.3) is 0 Å². The summed E-state index contributed by atoms with van der Waals surface area (Å²) in [6, 6.07) is 16.5. The summed E-state index contributed by atoms with van der Waals surface area (Å²) in [4.78, 5) is 13.5. The van der Waals surface area contributed by atoms with Crippen molar-refractivity contribution < 1.29 is 9.47 Å². The van der Waals surface area contributed by atoms with Gasteiger partial charge in [0.1, 0.15) is 11.9 Å². The first kappa shape index (κ1) is 22.0. The molecule has 0 N–H and O–H groups in total. The lowest BCUT2D eigenvalue weighted by Crippen LogP contribution is -2.25. The van der Waals surface area contributed by atoms with Crippen LogP contribution in [0.15, 0.2) is 67.0 Å². The van der Waals surface area contributed by atoms with Crippen molar-refractivity contribution in [2.24, 2.45) is 0 Å². The Hall–Kier alpha value is -2.86. The summed E-state index contributed by atoms with van der Waals surface area (Å²) in [6.45, 7) is 0. The van der Waals surface area contributed by atoms with Gasteiger partial charge in [-0.3, -0.25) is 4.98 Å². The van der Waals surface area contributed by atoms with E-state index in [4.69, 9.17) is 49.3 Å². The number of halogens is 3. The maximum Gasteiger partial charge on any atom is 0.320 e. The molecule has 8 heteroatoms. The molecule has 0 spiro atoms. The molecule has 5 nitrogen and oxygen atoms in total. The fraction of sp³-hybridized carbons (Fsp3) is 0.160. The SMILES string of the molecule is Clc1ccc(-c2c(Oc3cccnc3)nc(OC3CCC3)nc2-c2ccc(Cl)cc2Cl)cc1. The first-order chi connectivity index (χ1) is 16.1. The number of pyridine rings is 1. The molecule has 0 aliphatic heterocycles. The Bertz CT molecular complexity index is 1280. The highest BCUT2D eigenvalue weighted by molar-refractivity contribution is 6.36. The van der Waals surface area contributed by atoms with Crippen LogP contribution in [-0.4, -0.2) is 21.1 Å². The van der Waals surface area contributed by atoms with Gasteiger partial charge < -0.3 is 9.47 Å². The molecule has 33 heavy (non-hydrogen) atoms. The van der Waals surface area contributed by atoms with Gasteiger partial charge >= 0.3 is 6.01 Å². The maximum absolute atomic E-state index is 6.60. The minimum Gasteiger partial charge on any atom is -0.460 e. The third-order valence-corrected chi connectivity index (χ3v) is 6.15. The molecule has 0 unspecified atom stereocenters. The van der Waals surface area contributed by atoms with Crippen LogP contribution in [0.25, 0.3) is 22.4 Å². The molecule has 0 atom stereocenters. The van der Waals surface area contributed by atoms with Gasteiger partial charge in [-0.25, -0.2) is 0 Å². The highest BCUT2D eigenvalue weighted by atomic mass is 35.5. The smallest absolute Gasteiger partial charge is 0.320 e. The number of hydrogen-bond acceptors (Lipinski definition) is 5. The van der Waals surface area contributed by atoms with E-state index in [1.54, 1.807) is 42.7 Å². The highest BCUT2D eigenvalue weighted by Gasteiger charge is 2.25. The average molecular weight is 499 g/mol. The molecular weight excluding hydrogens is 481 g/mol. The Kier molecular flexibility index (Phi) is 6.36. The molecule has 2 aromatic heterocycles. The van der Waals surface area contributed by atoms with E-state index in [0.29, 0.717) is 43.5 Å². The van der Waals surface area contributed by atoms with Crippen LogP contribution in [0, 0.1) is 0 Å². The summed E-state index contributed by atoms with van der Waals surface area (Å²) in [5.41, 5.74) is 2.72. The van der Waals surface area contributed by atoms with Gasteiger partial charge in [-0.05, 0) is 67.3 Å². The van der Waals surface area contributed by atoms with Gasteiger partial charge in [-0.1, -0.05) is 46.9 Å². The molecule has 166 valence electrons. The maximum atomic E-state index is 6.60. The molecule has 4 aromatic rings. The number of ether oxygens (including phenoxy) is 2. The lowest BCUT2D eigenvalue weighted by Gasteiger charge is -2.26. The Balaban J connectivity index is 1.73. The second-order valence-electron chi connectivity index (χ2n) is 7.63. The fourth-order valence-corrected chi connectivity index (χ4v) is 4.08. The number of nitrogens with zero attached hydrogens (tertiary/aromatic N) is 3. The molecule has 5 rings (SSSR count). The summed E-state index contributed by atoms with van der Waals surface area (Å²) in [7, 11) is 0. The molecule has 1 fully saturated rings. The normalized spacial score (nSPS) is 13.4. The molecule has 2 aromatic carbocycles. The third-order valence-electron chi connectivity index (χ3n) is 5.35. The quantitative estimate of drug-likeness (QED) is 0.270. The molecule has 0 saturated heterocycles. The van der Waals surface area contributed by atoms with Crippen LogP contribution in [0.5, 0.6) is 17.6 Å². The van der Waals surface area contributed by atoms with Crippen LogP contribution >= 0.6 is 34.8 Å². The second-order valence-corrected chi connectivity index (χ2v) is 8.91. The van der Waals surface area contributed by atoms with E-state index in [1.807, 2.05) is 24.3 Å². The lowest BCUT2D eigenvalue weighted by atomic mass is 9.96. The van der Waals surface area contributed by atoms with Gasteiger partial charge in [-0.15, -0.1) is 0 Å². The summed E-state index contributed by atoms with van der Waals surface area (Å²) in [5, 5.41) is 1.60. The van der Waals surface area contributed by atoms with E-state index < -0.39 is 0 Å². The van der Waals surface area contributed by atoms with Crippen LogP contribution in [0.3, 0.4) is 0 Å². The minimum absolute atomic E-state index is 0.0890. The van der Waals surface area contributed by atoms with Gasteiger partial charge in [0.2, 0.25) is 5.88 Å². The van der Waals surface area contributed by atoms with Crippen molar-refractivity contribution in [3.63, 3.8) is 0 Å². The van der Waals surface area contributed by atoms with Crippen LogP contribution in [-0.2, 0) is 0 Å². The molecule has 0 amide bonds. The third kappa shape index (κ3) is 4.91. The predicted octanol–water partition coefficient (Wildman–Crippen LogP) is 7.89. The molecule has 2 heterocycles. The molecule has 1 saturated carbocycles. The second kappa shape index (κ2) is 9.56. The van der Waals surface area contributed by atoms with Crippen molar-refractivity contribution in [2.75, 3.05) is 0 Å². The Labute approximate surface area is 206 Å². The average Bonchev–Trinajstić information content (AvgIpc) is 2.78. The van der Waals surface area contributed by atoms with Crippen LogP contribution in [0.4, 0.5) is 0 Å². The van der Waals surface area contributed by atoms with Crippen molar-refractivity contribution in [3.8, 4) is 40.0 Å². The minimum atomic E-state index is 0.0890. The van der Waals surface area contributed by atoms with Crippen molar-refractivity contribution in [1.82, 2.24) is 15.0 Å². The summed E-state index contributed by atoms with van der Waals surface area (Å²) in [5.74, 6) is 0.866. The van der Waals surface area contributed by atoms with Crippen LogP contribution < -0.4 is 9.47 Å². The van der Waals surface area contributed by atoms with Gasteiger partial charge in [0.05, 0.1) is 22.5 Å². The zero-order valence-corrected chi connectivity index (χ0v) is 19.6. The summed E-state index contributed by atoms with van der Waals surface area (Å²) < 4.78 is 12.3. The van der Waals surface area contributed by atoms with E-state index in [1.165, 1.54) is 0 Å². The number of hydrogen-bond donors (Lipinski definition) is 0. The monoisotopic (exact) mass is 497 g/mol. The lowest BCUT2D eigenvalue weighted by molar-refractivity contribution is 0.108. The van der Waals surface area contributed by atoms with Crippen molar-refractivity contribution >= 4 is 34.8 Å². The van der Waals surface area contributed by atoms with Crippen molar-refractivity contribution in [1.29, 1.82) is 0 Å².